The van der Waals surface area contributed by atoms with Gasteiger partial charge < -0.3 is 19.7 Å². The third kappa shape index (κ3) is 4.51. The third-order valence-corrected chi connectivity index (χ3v) is 6.62. The van der Waals surface area contributed by atoms with Gasteiger partial charge >= 0.3 is 6.36 Å². The average molecular weight is 462 g/mol. The zero-order chi connectivity index (χ0) is 22.3. The van der Waals surface area contributed by atoms with Gasteiger partial charge in [-0.15, -0.1) is 13.2 Å². The molecule has 2 N–H and O–H groups in total. The fraction of sp³-hybridized carbons (Fsp3) is 0.364. The topological polar surface area (TPSA) is 72.2 Å². The van der Waals surface area contributed by atoms with Gasteiger partial charge in [0.05, 0.1) is 39.7 Å². The first-order valence-electron chi connectivity index (χ1n) is 10.4. The van der Waals surface area contributed by atoms with Crippen LogP contribution in [0.5, 0.6) is 5.75 Å². The Kier molecular flexibility index (Phi) is 5.42. The van der Waals surface area contributed by atoms with Crippen molar-refractivity contribution in [3.63, 3.8) is 0 Å². The van der Waals surface area contributed by atoms with Crippen LogP contribution < -0.4 is 10.1 Å². The summed E-state index contributed by atoms with van der Waals surface area (Å²) in [5.74, 6) is -0.288. The van der Waals surface area contributed by atoms with Gasteiger partial charge in [0.15, 0.2) is 5.13 Å². The molecule has 32 heavy (non-hydrogen) atoms. The molecular formula is C22H21F3N4O2S. The molecule has 0 aliphatic heterocycles. The number of nitrogens with zero attached hydrogens (tertiary/aromatic N) is 3. The molecule has 2 heterocycles. The lowest BCUT2D eigenvalue weighted by Gasteiger charge is -2.27. The number of nitrogens with one attached hydrogen (secondary N) is 1. The van der Waals surface area contributed by atoms with Crippen molar-refractivity contribution >= 4 is 37.7 Å². The van der Waals surface area contributed by atoms with E-state index in [4.69, 9.17) is 0 Å². The molecule has 5 rings (SSSR count). The summed E-state index contributed by atoms with van der Waals surface area (Å²) in [7, 11) is 0. The molecule has 0 saturated heterocycles. The van der Waals surface area contributed by atoms with Crippen LogP contribution in [0.2, 0.25) is 0 Å². The summed E-state index contributed by atoms with van der Waals surface area (Å²) >= 11 is 1.55. The van der Waals surface area contributed by atoms with Crippen molar-refractivity contribution in [2.75, 3.05) is 5.32 Å². The third-order valence-electron chi connectivity index (χ3n) is 5.67. The van der Waals surface area contributed by atoms with E-state index in [1.54, 1.807) is 23.7 Å². The number of halogens is 3. The van der Waals surface area contributed by atoms with E-state index in [1.807, 2.05) is 16.7 Å². The average Bonchev–Trinajstić information content (AvgIpc) is 3.31. The molecule has 2 aromatic heterocycles. The number of hydrogen-bond donors (Lipinski definition) is 2. The van der Waals surface area contributed by atoms with Crippen LogP contribution in [-0.2, 0) is 6.54 Å². The van der Waals surface area contributed by atoms with Gasteiger partial charge in [-0.3, -0.25) is 0 Å². The van der Waals surface area contributed by atoms with E-state index >= 15 is 0 Å². The molecule has 2 unspecified atom stereocenters. The Morgan fingerprint density at radius 1 is 1.12 bits per heavy atom. The molecule has 1 aliphatic rings. The number of aliphatic hydroxyl groups excluding tert-OH is 1. The largest absolute Gasteiger partial charge is 0.573 e. The number of ether oxygens (including phenoxy) is 1. The first-order chi connectivity index (χ1) is 15.3. The lowest BCUT2D eigenvalue weighted by Crippen LogP contribution is -2.36. The van der Waals surface area contributed by atoms with Gasteiger partial charge in [0, 0.05) is 12.6 Å². The van der Waals surface area contributed by atoms with Crippen molar-refractivity contribution in [1.29, 1.82) is 0 Å². The second kappa shape index (κ2) is 8.25. The number of thiazole rings is 1. The molecule has 10 heteroatoms. The van der Waals surface area contributed by atoms with Gasteiger partial charge in [0.1, 0.15) is 5.75 Å². The van der Waals surface area contributed by atoms with Crippen molar-refractivity contribution in [2.24, 2.45) is 0 Å². The van der Waals surface area contributed by atoms with Crippen molar-refractivity contribution in [3.05, 3.63) is 48.3 Å². The molecule has 0 bridgehead atoms. The van der Waals surface area contributed by atoms with E-state index in [0.29, 0.717) is 12.1 Å². The van der Waals surface area contributed by atoms with Crippen molar-refractivity contribution in [3.8, 4) is 5.75 Å². The monoisotopic (exact) mass is 462 g/mol. The Labute approximate surface area is 185 Å². The van der Waals surface area contributed by atoms with Crippen molar-refractivity contribution in [1.82, 2.24) is 14.5 Å². The minimum absolute atomic E-state index is 0.0345. The van der Waals surface area contributed by atoms with Crippen LogP contribution in [0.25, 0.3) is 21.3 Å². The van der Waals surface area contributed by atoms with E-state index in [1.165, 1.54) is 12.1 Å². The molecule has 0 radical (unpaired) electrons. The molecule has 2 aromatic carbocycles. The molecule has 6 nitrogen and oxygen atoms in total. The summed E-state index contributed by atoms with van der Waals surface area (Å²) in [6.07, 6.45) is 0.442. The number of alkyl halides is 3. The summed E-state index contributed by atoms with van der Waals surface area (Å²) in [6, 6.07) is 10.2. The molecular weight excluding hydrogens is 441 g/mol. The Bertz CT molecular complexity index is 1250. The summed E-state index contributed by atoms with van der Waals surface area (Å²) in [5, 5.41) is 14.4. The smallest absolute Gasteiger partial charge is 0.406 e. The van der Waals surface area contributed by atoms with E-state index in [0.717, 1.165) is 52.1 Å². The minimum Gasteiger partial charge on any atom is -0.406 e. The van der Waals surface area contributed by atoms with Crippen molar-refractivity contribution in [2.45, 2.75) is 50.7 Å². The summed E-state index contributed by atoms with van der Waals surface area (Å²) in [4.78, 5) is 8.86. The second-order valence-electron chi connectivity index (χ2n) is 7.99. The van der Waals surface area contributed by atoms with Gasteiger partial charge in [-0.2, -0.15) is 0 Å². The number of imidazole rings is 1. The SMILES string of the molecule is OC1CCCCC1Nc1nc2ccc(Cn3cnc4cc(OC(F)(F)F)ccc43)cc2s1. The number of aromatic nitrogens is 3. The highest BCUT2D eigenvalue weighted by Crippen LogP contribution is 2.31. The highest BCUT2D eigenvalue weighted by atomic mass is 32.1. The number of benzene rings is 2. The van der Waals surface area contributed by atoms with Gasteiger partial charge in [0.25, 0.3) is 0 Å². The number of anilines is 1. The maximum atomic E-state index is 12.4. The fourth-order valence-electron chi connectivity index (χ4n) is 4.13. The summed E-state index contributed by atoms with van der Waals surface area (Å²) in [6.45, 7) is 0.522. The van der Waals surface area contributed by atoms with E-state index in [9.17, 15) is 18.3 Å². The number of rotatable bonds is 5. The van der Waals surface area contributed by atoms with Gasteiger partial charge in [-0.1, -0.05) is 30.2 Å². The number of hydrogen-bond acceptors (Lipinski definition) is 6. The zero-order valence-corrected chi connectivity index (χ0v) is 17.8. The quantitative estimate of drug-likeness (QED) is 0.421. The Balaban J connectivity index is 1.34. The maximum Gasteiger partial charge on any atom is 0.573 e. The number of fused-ring (bicyclic) bond motifs is 2. The first-order valence-corrected chi connectivity index (χ1v) is 11.2. The van der Waals surface area contributed by atoms with E-state index in [-0.39, 0.29) is 17.9 Å². The normalized spacial score (nSPS) is 19.5. The molecule has 1 saturated carbocycles. The Morgan fingerprint density at radius 2 is 1.97 bits per heavy atom. The molecule has 1 fully saturated rings. The van der Waals surface area contributed by atoms with Crippen LogP contribution in [0.3, 0.4) is 0 Å². The molecule has 2 atom stereocenters. The van der Waals surface area contributed by atoms with Gasteiger partial charge in [0.2, 0.25) is 0 Å². The van der Waals surface area contributed by atoms with E-state index in [2.05, 4.69) is 26.1 Å². The first kappa shape index (κ1) is 21.0. The lowest BCUT2D eigenvalue weighted by molar-refractivity contribution is -0.274. The zero-order valence-electron chi connectivity index (χ0n) is 17.0. The van der Waals surface area contributed by atoms with Crippen LogP contribution in [0.1, 0.15) is 31.2 Å². The standard InChI is InChI=1S/C22H21F3N4O2S/c23-22(24,25)31-14-6-8-18-17(10-14)26-12-29(18)11-13-5-7-16-20(9-13)32-21(28-16)27-15-3-1-2-4-19(15)30/h5-10,12,15,19,30H,1-4,11H2,(H,27,28). The molecule has 0 amide bonds. The molecule has 168 valence electrons. The van der Waals surface area contributed by atoms with Crippen LogP contribution >= 0.6 is 11.3 Å². The predicted molar refractivity (Wildman–Crippen MR) is 117 cm³/mol. The molecule has 0 spiro atoms. The predicted octanol–water partition coefficient (Wildman–Crippen LogP) is 5.31. The van der Waals surface area contributed by atoms with Crippen LogP contribution in [0, 0.1) is 0 Å². The highest BCUT2D eigenvalue weighted by Gasteiger charge is 2.31. The Morgan fingerprint density at radius 3 is 2.78 bits per heavy atom. The minimum atomic E-state index is -4.73. The lowest BCUT2D eigenvalue weighted by atomic mass is 9.93. The molecule has 4 aromatic rings. The maximum absolute atomic E-state index is 12.4. The summed E-state index contributed by atoms with van der Waals surface area (Å²) < 4.78 is 44.2. The molecule has 1 aliphatic carbocycles. The highest BCUT2D eigenvalue weighted by molar-refractivity contribution is 7.22. The van der Waals surface area contributed by atoms with Crippen LogP contribution in [0.15, 0.2) is 42.7 Å². The van der Waals surface area contributed by atoms with E-state index < -0.39 is 6.36 Å². The van der Waals surface area contributed by atoms with Gasteiger partial charge in [-0.05, 0) is 42.7 Å². The second-order valence-corrected chi connectivity index (χ2v) is 9.03. The van der Waals surface area contributed by atoms with Gasteiger partial charge in [-0.25, -0.2) is 9.97 Å². The fourth-order valence-corrected chi connectivity index (χ4v) is 5.12. The van der Waals surface area contributed by atoms with Crippen molar-refractivity contribution < 1.29 is 23.0 Å². The number of aliphatic hydroxyl groups is 1. The summed E-state index contributed by atoms with van der Waals surface area (Å²) in [5.41, 5.74) is 3.07. The van der Waals surface area contributed by atoms with Crippen LogP contribution in [-0.4, -0.2) is 38.1 Å². The van der Waals surface area contributed by atoms with Crippen LogP contribution in [0.4, 0.5) is 18.3 Å². The Hall–Kier alpha value is -2.85.